The highest BCUT2D eigenvalue weighted by Crippen LogP contribution is 2.22. The van der Waals surface area contributed by atoms with Crippen LogP contribution in [0.15, 0.2) is 18.2 Å². The van der Waals surface area contributed by atoms with E-state index < -0.39 is 0 Å². The summed E-state index contributed by atoms with van der Waals surface area (Å²) in [5.74, 6) is -0.279. The molecule has 0 aliphatic carbocycles. The first kappa shape index (κ1) is 13.8. The van der Waals surface area contributed by atoms with E-state index in [0.29, 0.717) is 11.6 Å². The maximum absolute atomic E-state index is 12.0. The molecule has 1 rings (SSSR count). The Morgan fingerprint density at radius 3 is 2.82 bits per heavy atom. The molecule has 0 unspecified atom stereocenters. The molecule has 17 heavy (non-hydrogen) atoms. The second kappa shape index (κ2) is 6.47. The number of carbonyl (C=O) groups is 1. The maximum atomic E-state index is 12.0. The number of nitrogens with one attached hydrogen (secondary N) is 1. The zero-order chi connectivity index (χ0) is 12.8. The van der Waals surface area contributed by atoms with Crippen LogP contribution in [0.1, 0.15) is 16.8 Å². The van der Waals surface area contributed by atoms with Gasteiger partial charge in [-0.15, -0.1) is 0 Å². The van der Waals surface area contributed by atoms with Gasteiger partial charge in [0.05, 0.1) is 5.56 Å². The fourth-order valence-electron chi connectivity index (χ4n) is 1.49. The van der Waals surface area contributed by atoms with Crippen molar-refractivity contribution in [2.75, 3.05) is 27.2 Å². The lowest BCUT2D eigenvalue weighted by Crippen LogP contribution is -2.29. The van der Waals surface area contributed by atoms with Crippen LogP contribution in [0, 0.1) is 0 Å². The van der Waals surface area contributed by atoms with E-state index >= 15 is 0 Å². The number of nitrogens with zero attached hydrogens (tertiary/aromatic N) is 1. The summed E-state index contributed by atoms with van der Waals surface area (Å²) in [6.45, 7) is 1.49. The highest BCUT2D eigenvalue weighted by molar-refractivity contribution is 6.30. The summed E-state index contributed by atoms with van der Waals surface area (Å²) in [4.78, 5) is 13.6. The highest BCUT2D eigenvalue weighted by atomic mass is 35.5. The van der Waals surface area contributed by atoms with Gasteiger partial charge in [-0.2, -0.15) is 0 Å². The van der Waals surface area contributed by atoms with E-state index in [2.05, 4.69) is 5.32 Å². The van der Waals surface area contributed by atoms with E-state index in [0.717, 1.165) is 13.0 Å². The van der Waals surface area contributed by atoms with Crippen molar-refractivity contribution in [3.05, 3.63) is 28.8 Å². The van der Waals surface area contributed by atoms with E-state index in [1.807, 2.05) is 7.05 Å². The molecule has 0 bridgehead atoms. The average Bonchev–Trinajstić information content (AvgIpc) is 2.28. The quantitative estimate of drug-likeness (QED) is 0.789. The molecule has 1 aromatic carbocycles. The van der Waals surface area contributed by atoms with Gasteiger partial charge in [0.1, 0.15) is 5.75 Å². The van der Waals surface area contributed by atoms with Crippen molar-refractivity contribution < 1.29 is 9.90 Å². The molecule has 0 fully saturated rings. The van der Waals surface area contributed by atoms with Gasteiger partial charge in [0.15, 0.2) is 0 Å². The van der Waals surface area contributed by atoms with Gasteiger partial charge in [-0.1, -0.05) is 11.6 Å². The number of halogens is 1. The Morgan fingerprint density at radius 1 is 1.53 bits per heavy atom. The lowest BCUT2D eigenvalue weighted by Gasteiger charge is -2.17. The van der Waals surface area contributed by atoms with Crippen LogP contribution >= 0.6 is 11.6 Å². The van der Waals surface area contributed by atoms with Gasteiger partial charge >= 0.3 is 0 Å². The fraction of sp³-hybridized carbons (Fsp3) is 0.417. The third-order valence-electron chi connectivity index (χ3n) is 2.46. The van der Waals surface area contributed by atoms with Gasteiger partial charge in [0, 0.05) is 18.6 Å². The summed E-state index contributed by atoms with van der Waals surface area (Å²) in [6.07, 6.45) is 0.868. The molecular weight excluding hydrogens is 240 g/mol. The first-order chi connectivity index (χ1) is 8.06. The van der Waals surface area contributed by atoms with Gasteiger partial charge < -0.3 is 15.3 Å². The number of aromatic hydroxyl groups is 1. The van der Waals surface area contributed by atoms with Crippen LogP contribution in [0.25, 0.3) is 0 Å². The standard InChI is InChI=1S/C12H17ClN2O2/c1-14-6-3-7-15(2)12(17)10-5-4-9(13)8-11(10)16/h4-5,8,14,16H,3,6-7H2,1-2H3. The number of carbonyl (C=O) groups excluding carboxylic acids is 1. The zero-order valence-electron chi connectivity index (χ0n) is 10.0. The molecular formula is C12H17ClN2O2. The Labute approximate surface area is 106 Å². The van der Waals surface area contributed by atoms with Crippen LogP contribution in [0.5, 0.6) is 5.75 Å². The minimum atomic E-state index is -0.199. The van der Waals surface area contributed by atoms with Crippen molar-refractivity contribution in [2.45, 2.75) is 6.42 Å². The second-order valence-corrected chi connectivity index (χ2v) is 4.28. The number of hydrogen-bond donors (Lipinski definition) is 2. The lowest BCUT2D eigenvalue weighted by molar-refractivity contribution is 0.0791. The molecule has 94 valence electrons. The smallest absolute Gasteiger partial charge is 0.257 e. The van der Waals surface area contributed by atoms with Crippen LogP contribution in [0.3, 0.4) is 0 Å². The number of phenolic OH excluding ortho intramolecular Hbond substituents is 1. The first-order valence-corrected chi connectivity index (χ1v) is 5.82. The van der Waals surface area contributed by atoms with Crippen LogP contribution in [0.2, 0.25) is 5.02 Å². The topological polar surface area (TPSA) is 52.6 Å². The molecule has 4 nitrogen and oxygen atoms in total. The number of phenols is 1. The summed E-state index contributed by atoms with van der Waals surface area (Å²) >= 11 is 5.71. The van der Waals surface area contributed by atoms with Crippen molar-refractivity contribution in [1.29, 1.82) is 0 Å². The van der Waals surface area contributed by atoms with Gasteiger partial charge in [-0.25, -0.2) is 0 Å². The van der Waals surface area contributed by atoms with Crippen LogP contribution in [0.4, 0.5) is 0 Å². The molecule has 0 radical (unpaired) electrons. The summed E-state index contributed by atoms with van der Waals surface area (Å²) in [5.41, 5.74) is 0.279. The molecule has 0 atom stereocenters. The minimum Gasteiger partial charge on any atom is -0.507 e. The predicted molar refractivity (Wildman–Crippen MR) is 68.6 cm³/mol. The Morgan fingerprint density at radius 2 is 2.24 bits per heavy atom. The molecule has 1 aromatic rings. The average molecular weight is 257 g/mol. The summed E-state index contributed by atoms with van der Waals surface area (Å²) in [6, 6.07) is 4.50. The molecule has 0 aromatic heterocycles. The van der Waals surface area contributed by atoms with Crippen molar-refractivity contribution in [2.24, 2.45) is 0 Å². The molecule has 0 saturated carbocycles. The summed E-state index contributed by atoms with van der Waals surface area (Å²) in [7, 11) is 3.58. The lowest BCUT2D eigenvalue weighted by atomic mass is 10.1. The Kier molecular flexibility index (Phi) is 5.25. The highest BCUT2D eigenvalue weighted by Gasteiger charge is 2.15. The monoisotopic (exact) mass is 256 g/mol. The second-order valence-electron chi connectivity index (χ2n) is 3.85. The molecule has 0 saturated heterocycles. The normalized spacial score (nSPS) is 10.3. The third-order valence-corrected chi connectivity index (χ3v) is 2.69. The van der Waals surface area contributed by atoms with E-state index in [4.69, 9.17) is 11.6 Å². The molecule has 0 aliphatic heterocycles. The first-order valence-electron chi connectivity index (χ1n) is 5.45. The Balaban J connectivity index is 2.68. The van der Waals surface area contributed by atoms with E-state index in [9.17, 15) is 9.90 Å². The number of amides is 1. The molecule has 0 spiro atoms. The molecule has 2 N–H and O–H groups in total. The summed E-state index contributed by atoms with van der Waals surface area (Å²) < 4.78 is 0. The van der Waals surface area contributed by atoms with Crippen molar-refractivity contribution in [3.8, 4) is 5.75 Å². The predicted octanol–water partition coefficient (Wildman–Crippen LogP) is 1.73. The van der Waals surface area contributed by atoms with Gasteiger partial charge in [0.25, 0.3) is 5.91 Å². The Hall–Kier alpha value is -1.26. The summed E-state index contributed by atoms with van der Waals surface area (Å²) in [5, 5.41) is 13.1. The van der Waals surface area contributed by atoms with Crippen LogP contribution < -0.4 is 5.32 Å². The van der Waals surface area contributed by atoms with Crippen molar-refractivity contribution >= 4 is 17.5 Å². The third kappa shape index (κ3) is 3.91. The van der Waals surface area contributed by atoms with Gasteiger partial charge in [-0.3, -0.25) is 4.79 Å². The SMILES string of the molecule is CNCCCN(C)C(=O)c1ccc(Cl)cc1O. The molecule has 0 heterocycles. The minimum absolute atomic E-state index is 0.0806. The number of benzene rings is 1. The van der Waals surface area contributed by atoms with Crippen LogP contribution in [-0.4, -0.2) is 43.1 Å². The molecule has 1 amide bonds. The largest absolute Gasteiger partial charge is 0.507 e. The molecule has 5 heteroatoms. The Bertz CT molecular complexity index is 396. The number of rotatable bonds is 5. The fourth-order valence-corrected chi connectivity index (χ4v) is 1.65. The van der Waals surface area contributed by atoms with Crippen LogP contribution in [-0.2, 0) is 0 Å². The maximum Gasteiger partial charge on any atom is 0.257 e. The number of hydrogen-bond acceptors (Lipinski definition) is 3. The van der Waals surface area contributed by atoms with Gasteiger partial charge in [-0.05, 0) is 38.2 Å². The van der Waals surface area contributed by atoms with E-state index in [-0.39, 0.29) is 17.2 Å². The van der Waals surface area contributed by atoms with E-state index in [1.54, 1.807) is 18.0 Å². The van der Waals surface area contributed by atoms with E-state index in [1.165, 1.54) is 12.1 Å². The van der Waals surface area contributed by atoms with Crippen molar-refractivity contribution in [1.82, 2.24) is 10.2 Å². The van der Waals surface area contributed by atoms with Gasteiger partial charge in [0.2, 0.25) is 0 Å². The van der Waals surface area contributed by atoms with Crippen molar-refractivity contribution in [3.63, 3.8) is 0 Å². The molecule has 0 aliphatic rings. The zero-order valence-corrected chi connectivity index (χ0v) is 10.8.